The van der Waals surface area contributed by atoms with Gasteiger partial charge in [-0.2, -0.15) is 0 Å². The van der Waals surface area contributed by atoms with E-state index in [2.05, 4.69) is 10.6 Å². The number of carbonyl (C=O) groups is 2. The second-order valence-electron chi connectivity index (χ2n) is 5.04. The molecule has 2 amide bonds. The second kappa shape index (κ2) is 5.89. The number of aliphatic carboxylic acids is 1. The van der Waals surface area contributed by atoms with E-state index in [-0.39, 0.29) is 17.6 Å². The second-order valence-corrected chi connectivity index (χ2v) is 5.04. The molecule has 2 atom stereocenters. The molecule has 18 heavy (non-hydrogen) atoms. The Bertz CT molecular complexity index is 348. The lowest BCUT2D eigenvalue weighted by Gasteiger charge is -2.29. The number of carbonyl (C=O) groups excluding carboxylic acids is 1. The van der Waals surface area contributed by atoms with Crippen LogP contribution in [0.5, 0.6) is 0 Å². The Hall–Kier alpha value is -1.52. The molecule has 0 aromatic carbocycles. The average Bonchev–Trinajstić information content (AvgIpc) is 2.77. The minimum absolute atomic E-state index is 0.191. The fourth-order valence-corrected chi connectivity index (χ4v) is 1.89. The molecule has 2 unspecified atom stereocenters. The van der Waals surface area contributed by atoms with Crippen molar-refractivity contribution in [3.8, 4) is 0 Å². The molecular weight excluding hydrogens is 232 g/mol. The zero-order valence-corrected chi connectivity index (χ0v) is 11.2. The highest BCUT2D eigenvalue weighted by Gasteiger charge is 2.27. The van der Waals surface area contributed by atoms with Gasteiger partial charge in [0.05, 0.1) is 12.0 Å². The number of carboxylic acid groups (broad SMARTS) is 1. The van der Waals surface area contributed by atoms with Crippen molar-refractivity contribution in [2.75, 3.05) is 0 Å². The van der Waals surface area contributed by atoms with E-state index in [0.29, 0.717) is 6.42 Å². The largest absolute Gasteiger partial charge is 0.481 e. The first-order chi connectivity index (χ1) is 8.40. The maximum Gasteiger partial charge on any atom is 0.315 e. The lowest BCUT2D eigenvalue weighted by Crippen LogP contribution is -2.51. The standard InChI is InChI=1S/C13H22N2O3/c1-4-13(3,5-2)15-12(18)14-10-7-6-9(8-10)11(16)17/h6-7,9-10H,4-5,8H2,1-3H3,(H,16,17)(H2,14,15,18). The first-order valence-electron chi connectivity index (χ1n) is 6.40. The van der Waals surface area contributed by atoms with Crippen LogP contribution in [0, 0.1) is 5.92 Å². The molecular formula is C13H22N2O3. The number of urea groups is 1. The van der Waals surface area contributed by atoms with E-state index < -0.39 is 11.9 Å². The smallest absolute Gasteiger partial charge is 0.315 e. The number of rotatable bonds is 5. The van der Waals surface area contributed by atoms with Gasteiger partial charge in [0.15, 0.2) is 0 Å². The van der Waals surface area contributed by atoms with E-state index in [4.69, 9.17) is 5.11 Å². The third-order valence-electron chi connectivity index (χ3n) is 3.69. The van der Waals surface area contributed by atoms with Gasteiger partial charge in [0, 0.05) is 5.54 Å². The third-order valence-corrected chi connectivity index (χ3v) is 3.69. The van der Waals surface area contributed by atoms with Crippen LogP contribution in [-0.2, 0) is 4.79 Å². The molecule has 1 aliphatic rings. The van der Waals surface area contributed by atoms with Gasteiger partial charge in [0.2, 0.25) is 0 Å². The van der Waals surface area contributed by atoms with Crippen molar-refractivity contribution >= 4 is 12.0 Å². The number of amides is 2. The lowest BCUT2D eigenvalue weighted by molar-refractivity contribution is -0.140. The summed E-state index contributed by atoms with van der Waals surface area (Å²) in [6.07, 6.45) is 5.52. The molecule has 0 saturated heterocycles. The van der Waals surface area contributed by atoms with Gasteiger partial charge in [-0.25, -0.2) is 4.79 Å². The zero-order valence-electron chi connectivity index (χ0n) is 11.2. The fourth-order valence-electron chi connectivity index (χ4n) is 1.89. The molecule has 0 aromatic rings. The van der Waals surface area contributed by atoms with Crippen LogP contribution in [0.3, 0.4) is 0 Å². The van der Waals surface area contributed by atoms with Gasteiger partial charge in [-0.3, -0.25) is 4.79 Å². The Morgan fingerprint density at radius 2 is 1.94 bits per heavy atom. The van der Waals surface area contributed by atoms with Crippen LogP contribution in [0.4, 0.5) is 4.79 Å². The Labute approximate surface area is 108 Å². The van der Waals surface area contributed by atoms with Crippen molar-refractivity contribution in [1.82, 2.24) is 10.6 Å². The monoisotopic (exact) mass is 254 g/mol. The van der Waals surface area contributed by atoms with E-state index in [0.717, 1.165) is 12.8 Å². The Morgan fingerprint density at radius 1 is 1.33 bits per heavy atom. The summed E-state index contributed by atoms with van der Waals surface area (Å²) >= 11 is 0. The maximum atomic E-state index is 11.8. The maximum absolute atomic E-state index is 11.8. The first-order valence-corrected chi connectivity index (χ1v) is 6.40. The average molecular weight is 254 g/mol. The number of carboxylic acids is 1. The van der Waals surface area contributed by atoms with Gasteiger partial charge in [0.25, 0.3) is 0 Å². The summed E-state index contributed by atoms with van der Waals surface area (Å²) < 4.78 is 0. The summed E-state index contributed by atoms with van der Waals surface area (Å²) in [4.78, 5) is 22.6. The van der Waals surface area contributed by atoms with Gasteiger partial charge < -0.3 is 15.7 Å². The van der Waals surface area contributed by atoms with Gasteiger partial charge in [-0.15, -0.1) is 0 Å². The summed E-state index contributed by atoms with van der Waals surface area (Å²) in [7, 11) is 0. The highest BCUT2D eigenvalue weighted by molar-refractivity contribution is 5.76. The van der Waals surface area contributed by atoms with Crippen LogP contribution in [0.1, 0.15) is 40.0 Å². The summed E-state index contributed by atoms with van der Waals surface area (Å²) in [5.74, 6) is -1.33. The molecule has 0 bridgehead atoms. The van der Waals surface area contributed by atoms with Crippen LogP contribution in [-0.4, -0.2) is 28.7 Å². The van der Waals surface area contributed by atoms with Crippen molar-refractivity contribution in [2.24, 2.45) is 5.92 Å². The molecule has 5 heteroatoms. The molecule has 0 aliphatic heterocycles. The molecule has 0 spiro atoms. The molecule has 0 fully saturated rings. The summed E-state index contributed by atoms with van der Waals surface area (Å²) in [5.41, 5.74) is -0.210. The topological polar surface area (TPSA) is 78.4 Å². The molecule has 102 valence electrons. The predicted octanol–water partition coefficient (Wildman–Crippen LogP) is 1.89. The summed E-state index contributed by atoms with van der Waals surface area (Å²) in [6, 6.07) is -0.425. The van der Waals surface area contributed by atoms with Crippen molar-refractivity contribution in [3.63, 3.8) is 0 Å². The molecule has 0 radical (unpaired) electrons. The van der Waals surface area contributed by atoms with Gasteiger partial charge in [-0.1, -0.05) is 26.0 Å². The molecule has 1 rings (SSSR count). The van der Waals surface area contributed by atoms with E-state index in [1.54, 1.807) is 12.2 Å². The Balaban J connectivity index is 2.43. The zero-order chi connectivity index (χ0) is 13.8. The fraction of sp³-hybridized carbons (Fsp3) is 0.692. The van der Waals surface area contributed by atoms with E-state index in [1.807, 2.05) is 20.8 Å². The van der Waals surface area contributed by atoms with Crippen LogP contribution < -0.4 is 10.6 Å². The highest BCUT2D eigenvalue weighted by atomic mass is 16.4. The Morgan fingerprint density at radius 3 is 2.39 bits per heavy atom. The number of hydrogen-bond acceptors (Lipinski definition) is 2. The molecule has 1 aliphatic carbocycles. The van der Waals surface area contributed by atoms with Crippen molar-refractivity contribution in [2.45, 2.75) is 51.6 Å². The van der Waals surface area contributed by atoms with Crippen LogP contribution in [0.2, 0.25) is 0 Å². The van der Waals surface area contributed by atoms with Crippen molar-refractivity contribution in [3.05, 3.63) is 12.2 Å². The lowest BCUT2D eigenvalue weighted by atomic mass is 9.96. The Kier molecular flexibility index (Phi) is 4.76. The third kappa shape index (κ3) is 3.75. The SMILES string of the molecule is CCC(C)(CC)NC(=O)NC1C=CC(C(=O)O)C1. The first kappa shape index (κ1) is 14.5. The summed E-state index contributed by atoms with van der Waals surface area (Å²) in [5, 5.41) is 14.6. The molecule has 0 aromatic heterocycles. The van der Waals surface area contributed by atoms with Crippen LogP contribution in [0.25, 0.3) is 0 Å². The van der Waals surface area contributed by atoms with Gasteiger partial charge in [-0.05, 0) is 26.2 Å². The quantitative estimate of drug-likeness (QED) is 0.656. The highest BCUT2D eigenvalue weighted by Crippen LogP contribution is 2.18. The van der Waals surface area contributed by atoms with Crippen molar-refractivity contribution in [1.29, 1.82) is 0 Å². The van der Waals surface area contributed by atoms with E-state index >= 15 is 0 Å². The minimum atomic E-state index is -0.845. The van der Waals surface area contributed by atoms with Gasteiger partial charge >= 0.3 is 12.0 Å². The number of hydrogen-bond donors (Lipinski definition) is 3. The molecule has 0 saturated carbocycles. The predicted molar refractivity (Wildman–Crippen MR) is 69.3 cm³/mol. The molecule has 5 nitrogen and oxygen atoms in total. The normalized spacial score (nSPS) is 22.8. The van der Waals surface area contributed by atoms with Crippen molar-refractivity contribution < 1.29 is 14.7 Å². The van der Waals surface area contributed by atoms with E-state index in [1.165, 1.54) is 0 Å². The van der Waals surface area contributed by atoms with Crippen LogP contribution in [0.15, 0.2) is 12.2 Å². The van der Waals surface area contributed by atoms with E-state index in [9.17, 15) is 9.59 Å². The molecule has 0 heterocycles. The summed E-state index contributed by atoms with van der Waals surface area (Å²) in [6.45, 7) is 6.05. The number of nitrogens with one attached hydrogen (secondary N) is 2. The van der Waals surface area contributed by atoms with Gasteiger partial charge in [0.1, 0.15) is 0 Å². The minimum Gasteiger partial charge on any atom is -0.481 e. The molecule has 3 N–H and O–H groups in total. The van der Waals surface area contributed by atoms with Crippen LogP contribution >= 0.6 is 0 Å².